The van der Waals surface area contributed by atoms with Gasteiger partial charge in [-0.2, -0.15) is 11.8 Å². The molecule has 0 heterocycles. The number of aliphatic hydroxyl groups excluding tert-OH is 1. The first kappa shape index (κ1) is 11.1. The van der Waals surface area contributed by atoms with Crippen molar-refractivity contribution in [3.63, 3.8) is 0 Å². The first-order valence-electron chi connectivity index (χ1n) is 4.99. The Morgan fingerprint density at radius 1 is 1.69 bits per heavy atom. The SMILES string of the molecule is CC(CO)SCCC1CCCC1=O. The molecule has 1 aliphatic carbocycles. The number of Topliss-reactive ketones (excluding diaryl/α,β-unsaturated/α-hetero) is 1. The topological polar surface area (TPSA) is 37.3 Å². The fraction of sp³-hybridized carbons (Fsp3) is 0.900. The Bertz CT molecular complexity index is 170. The molecule has 1 fully saturated rings. The Labute approximate surface area is 84.1 Å². The molecule has 2 unspecified atom stereocenters. The zero-order valence-electron chi connectivity index (χ0n) is 8.16. The van der Waals surface area contributed by atoms with Gasteiger partial charge in [-0.05, 0) is 25.0 Å². The molecule has 0 bridgehead atoms. The highest BCUT2D eigenvalue weighted by Crippen LogP contribution is 2.26. The van der Waals surface area contributed by atoms with Crippen LogP contribution in [0.3, 0.4) is 0 Å². The summed E-state index contributed by atoms with van der Waals surface area (Å²) in [5.74, 6) is 1.80. The van der Waals surface area contributed by atoms with Crippen molar-refractivity contribution in [1.29, 1.82) is 0 Å². The van der Waals surface area contributed by atoms with Crippen LogP contribution in [0.5, 0.6) is 0 Å². The fourth-order valence-electron chi connectivity index (χ4n) is 1.66. The molecule has 76 valence electrons. The van der Waals surface area contributed by atoms with E-state index in [4.69, 9.17) is 5.11 Å². The summed E-state index contributed by atoms with van der Waals surface area (Å²) in [6.07, 6.45) is 3.98. The van der Waals surface area contributed by atoms with Crippen LogP contribution in [0.25, 0.3) is 0 Å². The third kappa shape index (κ3) is 3.69. The summed E-state index contributed by atoms with van der Waals surface area (Å²) in [4.78, 5) is 11.3. The molecule has 2 nitrogen and oxygen atoms in total. The molecule has 0 aromatic rings. The number of aliphatic hydroxyl groups is 1. The maximum Gasteiger partial charge on any atom is 0.136 e. The molecule has 0 amide bonds. The highest BCUT2D eigenvalue weighted by molar-refractivity contribution is 7.99. The Kier molecular flexibility index (Phi) is 4.81. The number of ketones is 1. The summed E-state index contributed by atoms with van der Waals surface area (Å²) in [7, 11) is 0. The van der Waals surface area contributed by atoms with Gasteiger partial charge in [-0.25, -0.2) is 0 Å². The Morgan fingerprint density at radius 3 is 3.00 bits per heavy atom. The second kappa shape index (κ2) is 5.66. The zero-order chi connectivity index (χ0) is 9.68. The summed E-state index contributed by atoms with van der Waals surface area (Å²) in [6, 6.07) is 0. The number of hydrogen-bond donors (Lipinski definition) is 1. The fourth-order valence-corrected chi connectivity index (χ4v) is 2.59. The van der Waals surface area contributed by atoms with Gasteiger partial charge in [0.15, 0.2) is 0 Å². The summed E-state index contributed by atoms with van der Waals surface area (Å²) >= 11 is 1.76. The predicted molar refractivity (Wildman–Crippen MR) is 56.0 cm³/mol. The predicted octanol–water partition coefficient (Wildman–Crippen LogP) is 1.86. The molecule has 0 spiro atoms. The van der Waals surface area contributed by atoms with Gasteiger partial charge in [0.2, 0.25) is 0 Å². The lowest BCUT2D eigenvalue weighted by molar-refractivity contribution is -0.120. The molecule has 1 rings (SSSR count). The number of thioether (sulfide) groups is 1. The van der Waals surface area contributed by atoms with Gasteiger partial charge in [-0.1, -0.05) is 6.92 Å². The van der Waals surface area contributed by atoms with Gasteiger partial charge < -0.3 is 5.11 Å². The van der Waals surface area contributed by atoms with Gasteiger partial charge in [0.1, 0.15) is 5.78 Å². The average molecular weight is 202 g/mol. The van der Waals surface area contributed by atoms with Crippen LogP contribution in [-0.4, -0.2) is 28.5 Å². The minimum Gasteiger partial charge on any atom is -0.395 e. The van der Waals surface area contributed by atoms with Crippen molar-refractivity contribution in [2.24, 2.45) is 5.92 Å². The van der Waals surface area contributed by atoms with E-state index in [-0.39, 0.29) is 6.61 Å². The second-order valence-electron chi connectivity index (χ2n) is 3.71. The van der Waals surface area contributed by atoms with Crippen molar-refractivity contribution in [2.75, 3.05) is 12.4 Å². The summed E-state index contributed by atoms with van der Waals surface area (Å²) in [5.41, 5.74) is 0. The normalized spacial score (nSPS) is 25.1. The van der Waals surface area contributed by atoms with E-state index in [0.29, 0.717) is 17.0 Å². The molecule has 1 saturated carbocycles. The lowest BCUT2D eigenvalue weighted by Crippen LogP contribution is -2.09. The van der Waals surface area contributed by atoms with Crippen LogP contribution >= 0.6 is 11.8 Å². The first-order chi connectivity index (χ1) is 6.24. The maximum absolute atomic E-state index is 11.3. The number of hydrogen-bond acceptors (Lipinski definition) is 3. The van der Waals surface area contributed by atoms with E-state index in [2.05, 4.69) is 0 Å². The number of rotatable bonds is 5. The molecule has 0 aromatic carbocycles. The van der Waals surface area contributed by atoms with Gasteiger partial charge in [0.25, 0.3) is 0 Å². The van der Waals surface area contributed by atoms with Gasteiger partial charge in [-0.3, -0.25) is 4.79 Å². The molecule has 2 atom stereocenters. The summed E-state index contributed by atoms with van der Waals surface area (Å²) in [6.45, 7) is 2.25. The van der Waals surface area contributed by atoms with Crippen molar-refractivity contribution in [3.8, 4) is 0 Å². The Hall–Kier alpha value is -0.0200. The van der Waals surface area contributed by atoms with E-state index in [1.54, 1.807) is 11.8 Å². The molecule has 1 aliphatic rings. The largest absolute Gasteiger partial charge is 0.395 e. The summed E-state index contributed by atoms with van der Waals surface area (Å²) < 4.78 is 0. The van der Waals surface area contributed by atoms with Crippen LogP contribution in [0.4, 0.5) is 0 Å². The van der Waals surface area contributed by atoms with E-state index in [9.17, 15) is 4.79 Å². The number of carbonyl (C=O) groups excluding carboxylic acids is 1. The lowest BCUT2D eigenvalue weighted by atomic mass is 10.1. The van der Waals surface area contributed by atoms with Gasteiger partial charge in [0.05, 0.1) is 6.61 Å². The molecule has 0 radical (unpaired) electrons. The summed E-state index contributed by atoms with van der Waals surface area (Å²) in [5, 5.41) is 9.11. The van der Waals surface area contributed by atoms with Crippen LogP contribution in [0.15, 0.2) is 0 Å². The van der Waals surface area contributed by atoms with Gasteiger partial charge >= 0.3 is 0 Å². The van der Waals surface area contributed by atoms with Gasteiger partial charge in [-0.15, -0.1) is 0 Å². The highest BCUT2D eigenvalue weighted by atomic mass is 32.2. The maximum atomic E-state index is 11.3. The lowest BCUT2D eigenvalue weighted by Gasteiger charge is -2.10. The molecule has 0 aliphatic heterocycles. The van der Waals surface area contributed by atoms with Crippen molar-refractivity contribution in [3.05, 3.63) is 0 Å². The van der Waals surface area contributed by atoms with E-state index in [1.807, 2.05) is 6.92 Å². The third-order valence-corrected chi connectivity index (χ3v) is 3.75. The molecule has 0 aromatic heterocycles. The van der Waals surface area contributed by atoms with E-state index < -0.39 is 0 Å². The monoisotopic (exact) mass is 202 g/mol. The smallest absolute Gasteiger partial charge is 0.136 e. The highest BCUT2D eigenvalue weighted by Gasteiger charge is 2.23. The number of carbonyl (C=O) groups is 1. The van der Waals surface area contributed by atoms with E-state index in [0.717, 1.165) is 31.4 Å². The van der Waals surface area contributed by atoms with Crippen molar-refractivity contribution in [2.45, 2.75) is 37.9 Å². The van der Waals surface area contributed by atoms with Crippen molar-refractivity contribution >= 4 is 17.5 Å². The minimum absolute atomic E-state index is 0.239. The third-order valence-electron chi connectivity index (χ3n) is 2.56. The van der Waals surface area contributed by atoms with Crippen LogP contribution < -0.4 is 0 Å². The minimum atomic E-state index is 0.239. The second-order valence-corrected chi connectivity index (χ2v) is 5.25. The Balaban J connectivity index is 2.08. The van der Waals surface area contributed by atoms with Gasteiger partial charge in [0, 0.05) is 17.6 Å². The molecule has 0 saturated heterocycles. The zero-order valence-corrected chi connectivity index (χ0v) is 8.98. The molecular formula is C10H18O2S. The molecule has 1 N–H and O–H groups in total. The molecule has 13 heavy (non-hydrogen) atoms. The van der Waals surface area contributed by atoms with Crippen LogP contribution in [0, 0.1) is 5.92 Å². The standard InChI is InChI=1S/C10H18O2S/c1-8(7-11)13-6-5-9-3-2-4-10(9)12/h8-9,11H,2-7H2,1H3. The van der Waals surface area contributed by atoms with E-state index >= 15 is 0 Å². The van der Waals surface area contributed by atoms with Crippen LogP contribution in [0.2, 0.25) is 0 Å². The molecular weight excluding hydrogens is 184 g/mol. The average Bonchev–Trinajstić information content (AvgIpc) is 2.52. The quantitative estimate of drug-likeness (QED) is 0.739. The van der Waals surface area contributed by atoms with E-state index in [1.165, 1.54) is 0 Å². The van der Waals surface area contributed by atoms with Crippen molar-refractivity contribution in [1.82, 2.24) is 0 Å². The first-order valence-corrected chi connectivity index (χ1v) is 6.04. The van der Waals surface area contributed by atoms with Crippen LogP contribution in [0.1, 0.15) is 32.6 Å². The molecule has 3 heteroatoms. The Morgan fingerprint density at radius 2 is 2.46 bits per heavy atom. The van der Waals surface area contributed by atoms with Crippen LogP contribution in [-0.2, 0) is 4.79 Å². The van der Waals surface area contributed by atoms with Crippen molar-refractivity contribution < 1.29 is 9.90 Å².